The van der Waals surface area contributed by atoms with Gasteiger partial charge in [-0.15, -0.1) is 0 Å². The molecule has 0 radical (unpaired) electrons. The molecule has 1 aromatic heterocycles. The molecule has 2 heterocycles. The number of methoxy groups -OCH3 is 2. The van der Waals surface area contributed by atoms with Crippen molar-refractivity contribution in [2.24, 2.45) is 10.7 Å². The number of para-hydroxylation sites is 2. The van der Waals surface area contributed by atoms with Crippen LogP contribution in [0.5, 0.6) is 11.5 Å². The number of hydrogen-bond donors (Lipinski definition) is 3. The van der Waals surface area contributed by atoms with Crippen molar-refractivity contribution in [1.82, 2.24) is 4.98 Å². The van der Waals surface area contributed by atoms with Gasteiger partial charge in [-0.25, -0.2) is 14.9 Å². The number of aromatic amines is 1. The van der Waals surface area contributed by atoms with Crippen LogP contribution < -0.4 is 25.1 Å². The van der Waals surface area contributed by atoms with E-state index in [1.807, 2.05) is 42.5 Å². The van der Waals surface area contributed by atoms with E-state index in [1.54, 1.807) is 14.2 Å². The Balaban J connectivity index is 1.91. The zero-order valence-electron chi connectivity index (χ0n) is 13.4. The highest BCUT2D eigenvalue weighted by atomic mass is 16.5. The number of H-pyrrole nitrogens is 1. The van der Waals surface area contributed by atoms with Crippen molar-refractivity contribution in [3.63, 3.8) is 0 Å². The van der Waals surface area contributed by atoms with E-state index in [-0.39, 0.29) is 6.17 Å². The van der Waals surface area contributed by atoms with Gasteiger partial charge in [-0.3, -0.25) is 0 Å². The molecule has 122 valence electrons. The van der Waals surface area contributed by atoms with E-state index in [4.69, 9.17) is 15.2 Å². The van der Waals surface area contributed by atoms with E-state index < -0.39 is 0 Å². The predicted molar refractivity (Wildman–Crippen MR) is 91.4 cm³/mol. The number of imidazole rings is 1. The van der Waals surface area contributed by atoms with E-state index in [2.05, 4.69) is 19.9 Å². The van der Waals surface area contributed by atoms with Crippen LogP contribution in [0.15, 0.2) is 47.5 Å². The standard InChI is InChI=1S/C17H17N5O2/c1-23-13-8-7-10(9-14(13)24-2)15-20-16(18)21-17-19-11-5-3-4-6-12(11)22(15)17/h3-9,15H,1-2H3,(H3,18,19,20,21)/p+1/t15-/m0/s1. The molecule has 0 aliphatic carbocycles. The minimum atomic E-state index is -0.294. The number of nitrogens with two attached hydrogens (primary N) is 1. The van der Waals surface area contributed by atoms with Gasteiger partial charge in [0, 0.05) is 5.56 Å². The fourth-order valence-corrected chi connectivity index (χ4v) is 3.02. The SMILES string of the molecule is COc1ccc([C@H]2N=C(N)Nc3[nH]c4ccccc4[n+]32)cc1OC. The molecule has 4 rings (SSSR count). The number of ether oxygens (including phenoxy) is 2. The first-order valence-electron chi connectivity index (χ1n) is 7.55. The molecule has 24 heavy (non-hydrogen) atoms. The fraction of sp³-hybridized carbons (Fsp3) is 0.176. The third-order valence-corrected chi connectivity index (χ3v) is 4.12. The third-order valence-electron chi connectivity index (χ3n) is 4.12. The average Bonchev–Trinajstić information content (AvgIpc) is 2.98. The number of rotatable bonds is 3. The Morgan fingerprint density at radius 3 is 2.67 bits per heavy atom. The highest BCUT2D eigenvalue weighted by molar-refractivity contribution is 5.92. The molecule has 0 bridgehead atoms. The number of nitrogens with one attached hydrogen (secondary N) is 2. The summed E-state index contributed by atoms with van der Waals surface area (Å²) in [6, 6.07) is 13.8. The molecule has 2 aromatic carbocycles. The number of hydrogen-bond acceptors (Lipinski definition) is 5. The number of aliphatic imine (C=N–C) groups is 1. The highest BCUT2D eigenvalue weighted by Gasteiger charge is 2.31. The van der Waals surface area contributed by atoms with Gasteiger partial charge in [0.1, 0.15) is 11.0 Å². The minimum Gasteiger partial charge on any atom is -0.493 e. The van der Waals surface area contributed by atoms with Gasteiger partial charge in [0.2, 0.25) is 6.17 Å². The maximum atomic E-state index is 5.98. The zero-order chi connectivity index (χ0) is 16.7. The Bertz CT molecular complexity index is 947. The largest absolute Gasteiger partial charge is 0.493 e. The average molecular weight is 324 g/mol. The molecule has 0 unspecified atom stereocenters. The van der Waals surface area contributed by atoms with Crippen molar-refractivity contribution in [3.8, 4) is 11.5 Å². The highest BCUT2D eigenvalue weighted by Crippen LogP contribution is 2.32. The lowest BCUT2D eigenvalue weighted by molar-refractivity contribution is -0.674. The summed E-state index contributed by atoms with van der Waals surface area (Å²) in [4.78, 5) is 7.91. The van der Waals surface area contributed by atoms with Crippen molar-refractivity contribution in [2.75, 3.05) is 19.5 Å². The Kier molecular flexibility index (Phi) is 3.26. The maximum absolute atomic E-state index is 5.98. The lowest BCUT2D eigenvalue weighted by Crippen LogP contribution is -2.48. The molecule has 7 nitrogen and oxygen atoms in total. The lowest BCUT2D eigenvalue weighted by Gasteiger charge is -2.19. The van der Waals surface area contributed by atoms with Gasteiger partial charge in [-0.1, -0.05) is 12.1 Å². The first-order chi connectivity index (χ1) is 11.7. The van der Waals surface area contributed by atoms with Crippen LogP contribution in [-0.4, -0.2) is 25.2 Å². The molecule has 0 spiro atoms. The van der Waals surface area contributed by atoms with Gasteiger partial charge < -0.3 is 15.2 Å². The van der Waals surface area contributed by atoms with Crippen LogP contribution in [0.2, 0.25) is 0 Å². The molecule has 1 aliphatic rings. The molecule has 0 fully saturated rings. The van der Waals surface area contributed by atoms with E-state index >= 15 is 0 Å². The van der Waals surface area contributed by atoms with Crippen molar-refractivity contribution in [2.45, 2.75) is 6.17 Å². The van der Waals surface area contributed by atoms with Gasteiger partial charge in [-0.05, 0) is 30.3 Å². The summed E-state index contributed by atoms with van der Waals surface area (Å²) in [6.07, 6.45) is -0.294. The molecule has 3 aromatic rings. The number of nitrogens with zero attached hydrogens (tertiary/aromatic N) is 2. The molecular formula is C17H18N5O2+. The number of guanidine groups is 1. The number of anilines is 1. The second-order valence-electron chi connectivity index (χ2n) is 5.49. The summed E-state index contributed by atoms with van der Waals surface area (Å²) in [6.45, 7) is 0. The van der Waals surface area contributed by atoms with Gasteiger partial charge in [-0.2, -0.15) is 4.99 Å². The Morgan fingerprint density at radius 2 is 1.88 bits per heavy atom. The smallest absolute Gasteiger partial charge is 0.365 e. The summed E-state index contributed by atoms with van der Waals surface area (Å²) >= 11 is 0. The zero-order valence-corrected chi connectivity index (χ0v) is 13.4. The van der Waals surface area contributed by atoms with Crippen LogP contribution in [0.3, 0.4) is 0 Å². The molecule has 1 atom stereocenters. The Morgan fingerprint density at radius 1 is 1.08 bits per heavy atom. The summed E-state index contributed by atoms with van der Waals surface area (Å²) < 4.78 is 12.8. The second-order valence-corrected chi connectivity index (χ2v) is 5.49. The van der Waals surface area contributed by atoms with Crippen molar-refractivity contribution < 1.29 is 14.0 Å². The Labute approximate surface area is 138 Å². The second kappa shape index (κ2) is 5.45. The third kappa shape index (κ3) is 2.13. The van der Waals surface area contributed by atoms with E-state index in [9.17, 15) is 0 Å². The van der Waals surface area contributed by atoms with Crippen LogP contribution >= 0.6 is 0 Å². The van der Waals surface area contributed by atoms with Gasteiger partial charge in [0.25, 0.3) is 5.96 Å². The number of benzene rings is 2. The van der Waals surface area contributed by atoms with Gasteiger partial charge >= 0.3 is 5.95 Å². The predicted octanol–water partition coefficient (Wildman–Crippen LogP) is 1.76. The minimum absolute atomic E-state index is 0.294. The molecule has 0 amide bonds. The monoisotopic (exact) mass is 324 g/mol. The summed E-state index contributed by atoms with van der Waals surface area (Å²) in [5.41, 5.74) is 8.97. The van der Waals surface area contributed by atoms with Crippen molar-refractivity contribution in [3.05, 3.63) is 48.0 Å². The molecule has 0 saturated carbocycles. The molecular weight excluding hydrogens is 306 g/mol. The molecule has 4 N–H and O–H groups in total. The maximum Gasteiger partial charge on any atom is 0.365 e. The summed E-state index contributed by atoms with van der Waals surface area (Å²) in [5, 5.41) is 3.08. The molecule has 0 saturated heterocycles. The normalized spacial score (nSPS) is 16.2. The van der Waals surface area contributed by atoms with E-state index in [0.717, 1.165) is 22.5 Å². The lowest BCUT2D eigenvalue weighted by atomic mass is 10.1. The van der Waals surface area contributed by atoms with Gasteiger partial charge in [0.15, 0.2) is 11.5 Å². The fourth-order valence-electron chi connectivity index (χ4n) is 3.02. The van der Waals surface area contributed by atoms with Gasteiger partial charge in [0.05, 0.1) is 14.2 Å². The van der Waals surface area contributed by atoms with Crippen LogP contribution in [0, 0.1) is 0 Å². The topological polar surface area (TPSA) is 88.5 Å². The number of fused-ring (bicyclic) bond motifs is 3. The van der Waals surface area contributed by atoms with Crippen LogP contribution in [0.25, 0.3) is 11.0 Å². The van der Waals surface area contributed by atoms with Crippen molar-refractivity contribution in [1.29, 1.82) is 0 Å². The van der Waals surface area contributed by atoms with E-state index in [1.165, 1.54) is 0 Å². The summed E-state index contributed by atoms with van der Waals surface area (Å²) in [7, 11) is 3.23. The van der Waals surface area contributed by atoms with Crippen LogP contribution in [0.4, 0.5) is 5.95 Å². The van der Waals surface area contributed by atoms with Crippen LogP contribution in [-0.2, 0) is 0 Å². The first kappa shape index (κ1) is 14.4. The summed E-state index contributed by atoms with van der Waals surface area (Å²) in [5.74, 6) is 2.49. The molecule has 7 heteroatoms. The Hall–Kier alpha value is -3.22. The number of aromatic nitrogens is 2. The quantitative estimate of drug-likeness (QED) is 0.641. The van der Waals surface area contributed by atoms with Crippen LogP contribution in [0.1, 0.15) is 11.7 Å². The molecule has 1 aliphatic heterocycles. The first-order valence-corrected chi connectivity index (χ1v) is 7.55. The van der Waals surface area contributed by atoms with Crippen molar-refractivity contribution >= 4 is 22.9 Å². The van der Waals surface area contributed by atoms with E-state index in [0.29, 0.717) is 17.5 Å².